The number of hydrogen-bond donors (Lipinski definition) is 3. The number of para-hydroxylation sites is 1. The highest BCUT2D eigenvalue weighted by Crippen LogP contribution is 2.39. The van der Waals surface area contributed by atoms with Crippen molar-refractivity contribution in [1.82, 2.24) is 5.32 Å². The topological polar surface area (TPSA) is 120 Å². The van der Waals surface area contributed by atoms with Gasteiger partial charge in [0.2, 0.25) is 5.91 Å². The number of thiophene rings is 1. The minimum Gasteiger partial charge on any atom is -0.493 e. The lowest BCUT2D eigenvalue weighted by atomic mass is 9.89. The van der Waals surface area contributed by atoms with Gasteiger partial charge in [-0.25, -0.2) is 0 Å². The van der Waals surface area contributed by atoms with Crippen molar-refractivity contribution in [3.05, 3.63) is 112 Å². The van der Waals surface area contributed by atoms with Gasteiger partial charge in [-0.05, 0) is 80.1 Å². The van der Waals surface area contributed by atoms with Gasteiger partial charge in [0.05, 0.1) is 17.9 Å². The minimum absolute atomic E-state index is 0.0415. The highest BCUT2D eigenvalue weighted by Gasteiger charge is 2.25. The number of benzene rings is 3. The quantitative estimate of drug-likeness (QED) is 0.116. The number of carbonyl (C=O) groups is 3. The summed E-state index contributed by atoms with van der Waals surface area (Å²) in [5.74, 6) is 0.141. The zero-order valence-corrected chi connectivity index (χ0v) is 27.2. The molecule has 3 aromatic carbocycles. The van der Waals surface area contributed by atoms with Crippen molar-refractivity contribution < 1.29 is 19.1 Å². The second kappa shape index (κ2) is 15.4. The molecule has 0 saturated heterocycles. The van der Waals surface area contributed by atoms with Crippen LogP contribution < -0.4 is 20.7 Å². The van der Waals surface area contributed by atoms with Gasteiger partial charge in [-0.2, -0.15) is 5.26 Å². The third-order valence-corrected chi connectivity index (χ3v) is 9.55. The summed E-state index contributed by atoms with van der Waals surface area (Å²) < 4.78 is 5.72. The zero-order chi connectivity index (χ0) is 32.5. The van der Waals surface area contributed by atoms with Gasteiger partial charge in [0.15, 0.2) is 0 Å². The van der Waals surface area contributed by atoms with E-state index in [1.54, 1.807) is 60.7 Å². The molecule has 3 amide bonds. The molecule has 8 nitrogen and oxygen atoms in total. The summed E-state index contributed by atoms with van der Waals surface area (Å²) in [5.41, 5.74) is 3.25. The highest BCUT2D eigenvalue weighted by molar-refractivity contribution is 8.00. The number of hydrogen-bond acceptors (Lipinski definition) is 7. The molecule has 0 saturated carbocycles. The van der Waals surface area contributed by atoms with E-state index in [0.29, 0.717) is 45.7 Å². The standard InChI is InChI=1S/C36H34N4O4S2/c1-3-44-31-15-8-7-12-25(31)19-30(39-34(42)24-10-5-4-6-11-24)35(43)38-26-13-9-14-27(20-26)45-22-33(41)40-36-29(21-37)28-17-16-23(2)18-32(28)46-36/h4-15,19-20,23H,3,16-18,22H2,1-2H3,(H,38,43)(H,39,42)(H,40,41)/b30-19+. The summed E-state index contributed by atoms with van der Waals surface area (Å²) >= 11 is 2.83. The first-order valence-corrected chi connectivity index (χ1v) is 16.8. The number of nitrogens with one attached hydrogen (secondary N) is 3. The Balaban J connectivity index is 1.28. The summed E-state index contributed by atoms with van der Waals surface area (Å²) in [6.45, 7) is 4.53. The van der Waals surface area contributed by atoms with E-state index in [2.05, 4.69) is 28.9 Å². The third kappa shape index (κ3) is 8.24. The summed E-state index contributed by atoms with van der Waals surface area (Å²) in [4.78, 5) is 41.5. The van der Waals surface area contributed by atoms with Crippen LogP contribution in [-0.4, -0.2) is 30.1 Å². The molecule has 0 fully saturated rings. The van der Waals surface area contributed by atoms with Crippen molar-refractivity contribution >= 4 is 57.6 Å². The molecule has 5 rings (SSSR count). The van der Waals surface area contributed by atoms with E-state index in [9.17, 15) is 19.6 Å². The van der Waals surface area contributed by atoms with E-state index in [4.69, 9.17) is 4.74 Å². The van der Waals surface area contributed by atoms with E-state index in [0.717, 1.165) is 29.7 Å². The number of rotatable bonds is 11. The summed E-state index contributed by atoms with van der Waals surface area (Å²) in [7, 11) is 0. The van der Waals surface area contributed by atoms with Crippen LogP contribution in [0.15, 0.2) is 89.5 Å². The normalized spacial score (nSPS) is 14.0. The average Bonchev–Trinajstić information content (AvgIpc) is 3.40. The van der Waals surface area contributed by atoms with E-state index in [-0.39, 0.29) is 17.4 Å². The minimum atomic E-state index is -0.518. The summed E-state index contributed by atoms with van der Waals surface area (Å²) in [6, 6.07) is 25.4. The van der Waals surface area contributed by atoms with Gasteiger partial charge >= 0.3 is 0 Å². The largest absolute Gasteiger partial charge is 0.493 e. The number of anilines is 2. The zero-order valence-electron chi connectivity index (χ0n) is 25.6. The molecule has 3 N–H and O–H groups in total. The maximum Gasteiger partial charge on any atom is 0.272 e. The molecule has 0 bridgehead atoms. The molecule has 234 valence electrons. The molecular weight excluding hydrogens is 617 g/mol. The van der Waals surface area contributed by atoms with Crippen LogP contribution in [-0.2, 0) is 22.4 Å². The lowest BCUT2D eigenvalue weighted by Crippen LogP contribution is -2.30. The van der Waals surface area contributed by atoms with Crippen molar-refractivity contribution in [3.63, 3.8) is 0 Å². The lowest BCUT2D eigenvalue weighted by molar-refractivity contribution is -0.114. The molecular formula is C36H34N4O4S2. The number of nitriles is 1. The molecule has 10 heteroatoms. The van der Waals surface area contributed by atoms with Crippen molar-refractivity contribution in [3.8, 4) is 11.8 Å². The SMILES string of the molecule is CCOc1ccccc1/C=C(/NC(=O)c1ccccc1)C(=O)Nc1cccc(SCC(=O)Nc2sc3c(c2C#N)CCC(C)C3)c1. The fraction of sp³-hybridized carbons (Fsp3) is 0.222. The van der Waals surface area contributed by atoms with E-state index in [1.807, 2.05) is 31.2 Å². The molecule has 1 aromatic heterocycles. The van der Waals surface area contributed by atoms with Crippen LogP contribution in [0.4, 0.5) is 10.7 Å². The maximum atomic E-state index is 13.6. The molecule has 1 aliphatic carbocycles. The van der Waals surface area contributed by atoms with Crippen molar-refractivity contribution in [2.75, 3.05) is 23.0 Å². The lowest BCUT2D eigenvalue weighted by Gasteiger charge is -2.17. The van der Waals surface area contributed by atoms with Crippen molar-refractivity contribution in [2.45, 2.75) is 38.0 Å². The molecule has 0 radical (unpaired) electrons. The van der Waals surface area contributed by atoms with Crippen LogP contribution in [0.25, 0.3) is 6.08 Å². The number of carbonyl (C=O) groups excluding carboxylic acids is 3. The third-order valence-electron chi connectivity index (χ3n) is 7.39. The number of amides is 3. The first kappa shape index (κ1) is 32.5. The molecule has 0 spiro atoms. The van der Waals surface area contributed by atoms with Crippen LogP contribution >= 0.6 is 23.1 Å². The molecule has 1 unspecified atom stereocenters. The Labute approximate surface area is 276 Å². The van der Waals surface area contributed by atoms with Crippen molar-refractivity contribution in [1.29, 1.82) is 5.26 Å². The van der Waals surface area contributed by atoms with Gasteiger partial charge < -0.3 is 20.7 Å². The molecule has 0 aliphatic heterocycles. The van der Waals surface area contributed by atoms with Gasteiger partial charge in [0.1, 0.15) is 22.5 Å². The Morgan fingerprint density at radius 1 is 1.04 bits per heavy atom. The number of ether oxygens (including phenoxy) is 1. The van der Waals surface area contributed by atoms with Gasteiger partial charge in [-0.1, -0.05) is 49.4 Å². The van der Waals surface area contributed by atoms with E-state index < -0.39 is 11.8 Å². The van der Waals surface area contributed by atoms with Gasteiger partial charge in [0, 0.05) is 26.6 Å². The smallest absolute Gasteiger partial charge is 0.272 e. The van der Waals surface area contributed by atoms with Gasteiger partial charge in [-0.3, -0.25) is 14.4 Å². The Bertz CT molecular complexity index is 1810. The second-order valence-electron chi connectivity index (χ2n) is 10.8. The summed E-state index contributed by atoms with van der Waals surface area (Å²) in [5, 5.41) is 18.9. The second-order valence-corrected chi connectivity index (χ2v) is 13.0. The highest BCUT2D eigenvalue weighted by atomic mass is 32.2. The first-order valence-electron chi connectivity index (χ1n) is 15.0. The predicted molar refractivity (Wildman–Crippen MR) is 184 cm³/mol. The average molecular weight is 651 g/mol. The predicted octanol–water partition coefficient (Wildman–Crippen LogP) is 7.28. The molecule has 1 atom stereocenters. The Morgan fingerprint density at radius 2 is 1.83 bits per heavy atom. The van der Waals surface area contributed by atoms with Crippen LogP contribution in [0, 0.1) is 17.2 Å². The first-order chi connectivity index (χ1) is 22.3. The Morgan fingerprint density at radius 3 is 2.61 bits per heavy atom. The fourth-order valence-corrected chi connectivity index (χ4v) is 7.25. The van der Waals surface area contributed by atoms with Crippen LogP contribution in [0.5, 0.6) is 5.75 Å². The Hall–Kier alpha value is -4.85. The number of thioether (sulfide) groups is 1. The molecule has 46 heavy (non-hydrogen) atoms. The van der Waals surface area contributed by atoms with Gasteiger partial charge in [-0.15, -0.1) is 23.1 Å². The van der Waals surface area contributed by atoms with Crippen LogP contribution in [0.2, 0.25) is 0 Å². The van der Waals surface area contributed by atoms with Gasteiger partial charge in [0.25, 0.3) is 11.8 Å². The van der Waals surface area contributed by atoms with Crippen LogP contribution in [0.1, 0.15) is 52.2 Å². The molecule has 4 aromatic rings. The van der Waals surface area contributed by atoms with Crippen LogP contribution in [0.3, 0.4) is 0 Å². The maximum absolute atomic E-state index is 13.6. The monoisotopic (exact) mass is 650 g/mol. The number of nitrogens with zero attached hydrogens (tertiary/aromatic N) is 1. The van der Waals surface area contributed by atoms with Crippen molar-refractivity contribution in [2.24, 2.45) is 5.92 Å². The number of fused-ring (bicyclic) bond motifs is 1. The summed E-state index contributed by atoms with van der Waals surface area (Å²) in [6.07, 6.45) is 4.43. The van der Waals surface area contributed by atoms with E-state index in [1.165, 1.54) is 28.0 Å². The van der Waals surface area contributed by atoms with E-state index >= 15 is 0 Å². The molecule has 1 heterocycles. The Kier molecular flexibility index (Phi) is 10.9. The molecule has 1 aliphatic rings. The fourth-order valence-electron chi connectivity index (χ4n) is 5.12.